The molecule has 0 aliphatic carbocycles. The van der Waals surface area contributed by atoms with E-state index in [-0.39, 0.29) is 6.42 Å². The summed E-state index contributed by atoms with van der Waals surface area (Å²) >= 11 is 0. The molecule has 0 aliphatic heterocycles. The van der Waals surface area contributed by atoms with E-state index in [0.717, 1.165) is 0 Å². The quantitative estimate of drug-likeness (QED) is 0.672. The molecule has 0 spiro atoms. The van der Waals surface area contributed by atoms with Crippen molar-refractivity contribution >= 4 is 0 Å². The Hall–Kier alpha value is -1.38. The molecule has 0 saturated carbocycles. The second kappa shape index (κ2) is 4.03. The molecule has 0 fully saturated rings. The lowest BCUT2D eigenvalue weighted by Gasteiger charge is -2.12. The van der Waals surface area contributed by atoms with Crippen LogP contribution in [0.25, 0.3) is 0 Å². The van der Waals surface area contributed by atoms with Gasteiger partial charge in [0, 0.05) is 18.8 Å². The SMILES string of the molecule is Cn1cc(C(O)C(O)CC#N)cn1. The molecule has 0 radical (unpaired) electrons. The number of nitrogens with zero attached hydrogens (tertiary/aromatic N) is 3. The first-order valence-electron chi connectivity index (χ1n) is 3.86. The van der Waals surface area contributed by atoms with Gasteiger partial charge in [-0.25, -0.2) is 0 Å². The van der Waals surface area contributed by atoms with Crippen LogP contribution in [0.2, 0.25) is 0 Å². The van der Waals surface area contributed by atoms with Gasteiger partial charge in [-0.05, 0) is 0 Å². The van der Waals surface area contributed by atoms with Gasteiger partial charge < -0.3 is 10.2 Å². The molecule has 1 heterocycles. The number of aliphatic hydroxyl groups excluding tert-OH is 2. The van der Waals surface area contributed by atoms with Crippen LogP contribution in [0.3, 0.4) is 0 Å². The summed E-state index contributed by atoms with van der Waals surface area (Å²) in [5.74, 6) is 0. The number of aryl methyl sites for hydroxylation is 1. The summed E-state index contributed by atoms with van der Waals surface area (Å²) in [7, 11) is 1.72. The zero-order chi connectivity index (χ0) is 9.84. The number of hydrogen-bond donors (Lipinski definition) is 2. The maximum absolute atomic E-state index is 9.48. The highest BCUT2D eigenvalue weighted by molar-refractivity contribution is 5.09. The summed E-state index contributed by atoms with van der Waals surface area (Å²) in [5.41, 5.74) is 0.519. The molecule has 0 saturated heterocycles. The average molecular weight is 181 g/mol. The van der Waals surface area contributed by atoms with E-state index in [1.54, 1.807) is 19.3 Å². The van der Waals surface area contributed by atoms with Gasteiger partial charge in [-0.2, -0.15) is 10.4 Å². The zero-order valence-electron chi connectivity index (χ0n) is 7.25. The van der Waals surface area contributed by atoms with Crippen LogP contribution in [-0.2, 0) is 7.05 Å². The monoisotopic (exact) mass is 181 g/mol. The van der Waals surface area contributed by atoms with Crippen LogP contribution in [0.1, 0.15) is 18.1 Å². The molecular weight excluding hydrogens is 170 g/mol. The van der Waals surface area contributed by atoms with E-state index < -0.39 is 12.2 Å². The first kappa shape index (κ1) is 9.71. The summed E-state index contributed by atoms with van der Waals surface area (Å²) < 4.78 is 1.53. The topological polar surface area (TPSA) is 82.1 Å². The van der Waals surface area contributed by atoms with Crippen LogP contribution in [0.4, 0.5) is 0 Å². The normalized spacial score (nSPS) is 14.9. The van der Waals surface area contributed by atoms with Crippen molar-refractivity contribution in [2.45, 2.75) is 18.6 Å². The standard InChI is InChI=1S/C8H11N3O2/c1-11-5-6(4-10-11)8(13)7(12)2-3-9/h4-5,7-8,12-13H,2H2,1H3. The first-order chi connectivity index (χ1) is 6.15. The van der Waals surface area contributed by atoms with E-state index in [1.165, 1.54) is 10.9 Å². The third-order valence-electron chi connectivity index (χ3n) is 1.73. The Kier molecular flexibility index (Phi) is 3.01. The number of rotatable bonds is 3. The highest BCUT2D eigenvalue weighted by Gasteiger charge is 2.18. The lowest BCUT2D eigenvalue weighted by atomic mass is 10.1. The van der Waals surface area contributed by atoms with E-state index in [0.29, 0.717) is 5.56 Å². The molecule has 2 atom stereocenters. The maximum atomic E-state index is 9.48. The van der Waals surface area contributed by atoms with E-state index in [2.05, 4.69) is 5.10 Å². The van der Waals surface area contributed by atoms with E-state index in [4.69, 9.17) is 5.26 Å². The molecule has 1 aromatic heterocycles. The fourth-order valence-electron chi connectivity index (χ4n) is 1.02. The van der Waals surface area contributed by atoms with Crippen LogP contribution >= 0.6 is 0 Å². The number of nitriles is 1. The molecule has 0 aromatic carbocycles. The maximum Gasteiger partial charge on any atom is 0.109 e. The van der Waals surface area contributed by atoms with Crippen molar-refractivity contribution in [1.82, 2.24) is 9.78 Å². The van der Waals surface area contributed by atoms with Crippen LogP contribution < -0.4 is 0 Å². The molecule has 0 amide bonds. The second-order valence-corrected chi connectivity index (χ2v) is 2.82. The summed E-state index contributed by atoms with van der Waals surface area (Å²) in [5, 5.41) is 30.9. The number of hydrogen-bond acceptors (Lipinski definition) is 4. The molecule has 5 nitrogen and oxygen atoms in total. The van der Waals surface area contributed by atoms with Crippen LogP contribution in [0.5, 0.6) is 0 Å². The third kappa shape index (κ3) is 2.28. The van der Waals surface area contributed by atoms with Crippen molar-refractivity contribution in [1.29, 1.82) is 5.26 Å². The molecule has 2 unspecified atom stereocenters. The molecule has 0 bridgehead atoms. The predicted molar refractivity (Wildman–Crippen MR) is 44.4 cm³/mol. The third-order valence-corrected chi connectivity index (χ3v) is 1.73. The Morgan fingerprint density at radius 2 is 2.38 bits per heavy atom. The summed E-state index contributed by atoms with van der Waals surface area (Å²) in [6, 6.07) is 1.79. The van der Waals surface area contributed by atoms with Crippen molar-refractivity contribution in [3.63, 3.8) is 0 Å². The van der Waals surface area contributed by atoms with Crippen molar-refractivity contribution in [2.75, 3.05) is 0 Å². The van der Waals surface area contributed by atoms with Gasteiger partial charge in [0.25, 0.3) is 0 Å². The van der Waals surface area contributed by atoms with Gasteiger partial charge >= 0.3 is 0 Å². The Bertz CT molecular complexity index is 315. The Morgan fingerprint density at radius 1 is 1.69 bits per heavy atom. The van der Waals surface area contributed by atoms with Crippen LogP contribution in [0.15, 0.2) is 12.4 Å². The summed E-state index contributed by atoms with van der Waals surface area (Å²) in [4.78, 5) is 0. The number of aromatic nitrogens is 2. The van der Waals surface area contributed by atoms with Gasteiger partial charge in [0.15, 0.2) is 0 Å². The van der Waals surface area contributed by atoms with Gasteiger partial charge in [-0.3, -0.25) is 4.68 Å². The summed E-state index contributed by atoms with van der Waals surface area (Å²) in [6.07, 6.45) is 0.898. The van der Waals surface area contributed by atoms with E-state index in [1.807, 2.05) is 0 Å². The predicted octanol–water partition coefficient (Wildman–Crippen LogP) is -0.272. The highest BCUT2D eigenvalue weighted by Crippen LogP contribution is 2.17. The minimum atomic E-state index is -1.05. The lowest BCUT2D eigenvalue weighted by molar-refractivity contribution is 0.0216. The average Bonchev–Trinajstić information content (AvgIpc) is 2.51. The van der Waals surface area contributed by atoms with Crippen molar-refractivity contribution < 1.29 is 10.2 Å². The van der Waals surface area contributed by atoms with Gasteiger partial charge in [0.2, 0.25) is 0 Å². The van der Waals surface area contributed by atoms with Gasteiger partial charge in [0.1, 0.15) is 6.10 Å². The molecule has 5 heteroatoms. The zero-order valence-corrected chi connectivity index (χ0v) is 7.25. The lowest BCUT2D eigenvalue weighted by Crippen LogP contribution is -2.16. The van der Waals surface area contributed by atoms with Crippen molar-refractivity contribution in [2.24, 2.45) is 7.05 Å². The minimum absolute atomic E-state index is 0.0872. The molecule has 1 aromatic rings. The molecule has 13 heavy (non-hydrogen) atoms. The van der Waals surface area contributed by atoms with Crippen LogP contribution in [0, 0.1) is 11.3 Å². The summed E-state index contributed by atoms with van der Waals surface area (Å²) in [6.45, 7) is 0. The van der Waals surface area contributed by atoms with Crippen molar-refractivity contribution in [3.05, 3.63) is 18.0 Å². The number of aliphatic hydroxyl groups is 2. The fourth-order valence-corrected chi connectivity index (χ4v) is 1.02. The molecule has 70 valence electrons. The van der Waals surface area contributed by atoms with Gasteiger partial charge in [-0.15, -0.1) is 0 Å². The molecule has 0 aliphatic rings. The first-order valence-corrected chi connectivity index (χ1v) is 3.86. The van der Waals surface area contributed by atoms with Gasteiger partial charge in [-0.1, -0.05) is 0 Å². The highest BCUT2D eigenvalue weighted by atomic mass is 16.3. The molecule has 2 N–H and O–H groups in total. The fraction of sp³-hybridized carbons (Fsp3) is 0.500. The second-order valence-electron chi connectivity index (χ2n) is 2.82. The Balaban J connectivity index is 2.68. The van der Waals surface area contributed by atoms with Gasteiger partial charge in [0.05, 0.1) is 24.8 Å². The van der Waals surface area contributed by atoms with Crippen molar-refractivity contribution in [3.8, 4) is 6.07 Å². The largest absolute Gasteiger partial charge is 0.389 e. The Morgan fingerprint density at radius 3 is 2.85 bits per heavy atom. The molecular formula is C8H11N3O2. The minimum Gasteiger partial charge on any atom is -0.389 e. The molecule has 1 rings (SSSR count). The smallest absolute Gasteiger partial charge is 0.109 e. The van der Waals surface area contributed by atoms with E-state index in [9.17, 15) is 10.2 Å². The Labute approximate surface area is 75.8 Å². The van der Waals surface area contributed by atoms with E-state index >= 15 is 0 Å². The van der Waals surface area contributed by atoms with Crippen LogP contribution in [-0.4, -0.2) is 26.1 Å².